The number of hydrogen-bond donors (Lipinski definition) is 2. The first kappa shape index (κ1) is 12.8. The van der Waals surface area contributed by atoms with E-state index in [9.17, 15) is 14.3 Å². The quantitative estimate of drug-likeness (QED) is 0.822. The van der Waals surface area contributed by atoms with Crippen molar-refractivity contribution in [3.8, 4) is 0 Å². The van der Waals surface area contributed by atoms with Crippen molar-refractivity contribution >= 4 is 11.6 Å². The molecule has 5 heteroatoms. The zero-order valence-corrected chi connectivity index (χ0v) is 10.3. The number of nitrogens with zero attached hydrogens (tertiary/aromatic N) is 1. The van der Waals surface area contributed by atoms with Crippen LogP contribution in [0.1, 0.15) is 13.3 Å². The Hall–Kier alpha value is -1.62. The van der Waals surface area contributed by atoms with E-state index in [-0.39, 0.29) is 24.4 Å². The average Bonchev–Trinajstić information content (AvgIpc) is 2.48. The van der Waals surface area contributed by atoms with Crippen LogP contribution in [0.25, 0.3) is 0 Å². The molecule has 1 aliphatic heterocycles. The summed E-state index contributed by atoms with van der Waals surface area (Å²) in [5, 5.41) is 12.2. The van der Waals surface area contributed by atoms with Crippen LogP contribution in [0.3, 0.4) is 0 Å². The highest BCUT2D eigenvalue weighted by Gasteiger charge is 2.31. The standard InChI is InChI=1S/C13H17FN2O2/c1-9-5-6-15-13(18)12(8-17)16(9)11-4-2-3-10(14)7-11/h2-4,7,9,12,17H,5-6,8H2,1H3,(H,15,18). The van der Waals surface area contributed by atoms with Crippen LogP contribution in [0.2, 0.25) is 0 Å². The Labute approximate surface area is 105 Å². The third-order valence-corrected chi connectivity index (χ3v) is 3.25. The maximum absolute atomic E-state index is 13.3. The van der Waals surface area contributed by atoms with E-state index in [0.29, 0.717) is 12.2 Å². The van der Waals surface area contributed by atoms with Gasteiger partial charge in [0.25, 0.3) is 0 Å². The Morgan fingerprint density at radius 3 is 3.00 bits per heavy atom. The summed E-state index contributed by atoms with van der Waals surface area (Å²) in [6.45, 7) is 2.25. The largest absolute Gasteiger partial charge is 0.394 e. The molecule has 1 fully saturated rings. The lowest BCUT2D eigenvalue weighted by molar-refractivity contribution is -0.122. The third kappa shape index (κ3) is 2.46. The van der Waals surface area contributed by atoms with Crippen LogP contribution in [0.4, 0.5) is 10.1 Å². The van der Waals surface area contributed by atoms with Crippen molar-refractivity contribution in [2.45, 2.75) is 25.4 Å². The van der Waals surface area contributed by atoms with E-state index in [0.717, 1.165) is 6.42 Å². The number of aliphatic hydroxyl groups is 1. The fourth-order valence-corrected chi connectivity index (χ4v) is 2.34. The lowest BCUT2D eigenvalue weighted by atomic mass is 10.1. The van der Waals surface area contributed by atoms with E-state index < -0.39 is 6.04 Å². The molecular weight excluding hydrogens is 235 g/mol. The van der Waals surface area contributed by atoms with Crippen LogP contribution < -0.4 is 10.2 Å². The van der Waals surface area contributed by atoms with E-state index in [1.807, 2.05) is 6.92 Å². The van der Waals surface area contributed by atoms with Crippen molar-refractivity contribution in [1.82, 2.24) is 5.32 Å². The van der Waals surface area contributed by atoms with Crippen LogP contribution >= 0.6 is 0 Å². The van der Waals surface area contributed by atoms with Gasteiger partial charge in [-0.15, -0.1) is 0 Å². The topological polar surface area (TPSA) is 52.6 Å². The number of carbonyl (C=O) groups is 1. The fraction of sp³-hybridized carbons (Fsp3) is 0.462. The maximum Gasteiger partial charge on any atom is 0.245 e. The Morgan fingerprint density at radius 1 is 1.56 bits per heavy atom. The smallest absolute Gasteiger partial charge is 0.245 e. The van der Waals surface area contributed by atoms with Crippen LogP contribution in [-0.2, 0) is 4.79 Å². The predicted molar refractivity (Wildman–Crippen MR) is 66.8 cm³/mol. The molecule has 2 N–H and O–H groups in total. The predicted octanol–water partition coefficient (Wildman–Crippen LogP) is 0.901. The Balaban J connectivity index is 2.38. The number of hydrogen-bond acceptors (Lipinski definition) is 3. The molecule has 1 saturated heterocycles. The Morgan fingerprint density at radius 2 is 2.33 bits per heavy atom. The van der Waals surface area contributed by atoms with Crippen molar-refractivity contribution in [2.75, 3.05) is 18.1 Å². The average molecular weight is 252 g/mol. The molecule has 0 aliphatic carbocycles. The first-order valence-electron chi connectivity index (χ1n) is 6.06. The molecule has 1 aromatic carbocycles. The number of halogens is 1. The van der Waals surface area contributed by atoms with Crippen molar-refractivity contribution in [2.24, 2.45) is 0 Å². The number of benzene rings is 1. The number of amides is 1. The lowest BCUT2D eigenvalue weighted by Gasteiger charge is -2.34. The van der Waals surface area contributed by atoms with Gasteiger partial charge in [0.15, 0.2) is 0 Å². The normalized spacial score (nSPS) is 24.6. The van der Waals surface area contributed by atoms with E-state index in [1.165, 1.54) is 12.1 Å². The highest BCUT2D eigenvalue weighted by atomic mass is 19.1. The summed E-state index contributed by atoms with van der Waals surface area (Å²) in [4.78, 5) is 13.6. The van der Waals surface area contributed by atoms with E-state index in [1.54, 1.807) is 17.0 Å². The van der Waals surface area contributed by atoms with Crippen molar-refractivity contribution in [1.29, 1.82) is 0 Å². The molecule has 1 aromatic rings. The monoisotopic (exact) mass is 252 g/mol. The molecule has 0 aromatic heterocycles. The second kappa shape index (κ2) is 5.35. The lowest BCUT2D eigenvalue weighted by Crippen LogP contribution is -2.49. The Bertz CT molecular complexity index is 439. The van der Waals surface area contributed by atoms with Crippen molar-refractivity contribution in [3.05, 3.63) is 30.1 Å². The zero-order chi connectivity index (χ0) is 13.1. The van der Waals surface area contributed by atoms with Gasteiger partial charge in [-0.05, 0) is 31.5 Å². The summed E-state index contributed by atoms with van der Waals surface area (Å²) in [5.41, 5.74) is 0.624. The molecule has 0 bridgehead atoms. The highest BCUT2D eigenvalue weighted by Crippen LogP contribution is 2.23. The number of carbonyl (C=O) groups excluding carboxylic acids is 1. The second-order valence-corrected chi connectivity index (χ2v) is 4.51. The number of anilines is 1. The Kier molecular flexibility index (Phi) is 3.81. The molecule has 2 unspecified atom stereocenters. The van der Waals surface area contributed by atoms with Crippen molar-refractivity contribution in [3.63, 3.8) is 0 Å². The van der Waals surface area contributed by atoms with Gasteiger partial charge in [0.2, 0.25) is 5.91 Å². The summed E-state index contributed by atoms with van der Waals surface area (Å²) in [5.74, 6) is -0.563. The van der Waals surface area contributed by atoms with E-state index in [2.05, 4.69) is 5.32 Å². The molecule has 0 spiro atoms. The SMILES string of the molecule is CC1CCNC(=O)C(CO)N1c1cccc(F)c1. The number of rotatable bonds is 2. The molecule has 4 nitrogen and oxygen atoms in total. The van der Waals surface area contributed by atoms with Gasteiger partial charge in [-0.3, -0.25) is 4.79 Å². The maximum atomic E-state index is 13.3. The highest BCUT2D eigenvalue weighted by molar-refractivity contribution is 5.86. The van der Waals surface area contributed by atoms with Crippen LogP contribution in [-0.4, -0.2) is 36.2 Å². The van der Waals surface area contributed by atoms with Gasteiger partial charge in [0.1, 0.15) is 11.9 Å². The summed E-state index contributed by atoms with van der Waals surface area (Å²) in [6, 6.07) is 5.50. The molecule has 0 saturated carbocycles. The second-order valence-electron chi connectivity index (χ2n) is 4.51. The molecular formula is C13H17FN2O2. The number of aliphatic hydroxyl groups excluding tert-OH is 1. The minimum absolute atomic E-state index is 0.0582. The molecule has 1 amide bonds. The molecule has 0 radical (unpaired) electrons. The summed E-state index contributed by atoms with van der Waals surface area (Å²) < 4.78 is 13.3. The van der Waals surface area contributed by atoms with Gasteiger partial charge in [-0.1, -0.05) is 6.07 Å². The van der Waals surface area contributed by atoms with Crippen LogP contribution in [0.15, 0.2) is 24.3 Å². The molecule has 1 heterocycles. The van der Waals surface area contributed by atoms with Gasteiger partial charge < -0.3 is 15.3 Å². The summed E-state index contributed by atoms with van der Waals surface area (Å²) >= 11 is 0. The van der Waals surface area contributed by atoms with Gasteiger partial charge >= 0.3 is 0 Å². The van der Waals surface area contributed by atoms with E-state index >= 15 is 0 Å². The van der Waals surface area contributed by atoms with Gasteiger partial charge in [-0.25, -0.2) is 4.39 Å². The fourth-order valence-electron chi connectivity index (χ4n) is 2.34. The van der Waals surface area contributed by atoms with Gasteiger partial charge in [-0.2, -0.15) is 0 Å². The molecule has 2 rings (SSSR count). The summed E-state index contributed by atoms with van der Waals surface area (Å²) in [7, 11) is 0. The zero-order valence-electron chi connectivity index (χ0n) is 10.3. The molecule has 1 aliphatic rings. The third-order valence-electron chi connectivity index (χ3n) is 3.25. The first-order chi connectivity index (χ1) is 8.63. The van der Waals surface area contributed by atoms with Gasteiger partial charge in [0.05, 0.1) is 6.61 Å². The molecule has 2 atom stereocenters. The molecule has 18 heavy (non-hydrogen) atoms. The minimum atomic E-state index is -0.663. The summed E-state index contributed by atoms with van der Waals surface area (Å²) in [6.07, 6.45) is 0.763. The molecule has 98 valence electrons. The first-order valence-corrected chi connectivity index (χ1v) is 6.06. The van der Waals surface area contributed by atoms with E-state index in [4.69, 9.17) is 0 Å². The van der Waals surface area contributed by atoms with Gasteiger partial charge in [0, 0.05) is 18.3 Å². The van der Waals surface area contributed by atoms with Crippen LogP contribution in [0.5, 0.6) is 0 Å². The van der Waals surface area contributed by atoms with Crippen LogP contribution in [0, 0.1) is 5.82 Å². The number of nitrogens with one attached hydrogen (secondary N) is 1. The minimum Gasteiger partial charge on any atom is -0.394 e. The van der Waals surface area contributed by atoms with Crippen molar-refractivity contribution < 1.29 is 14.3 Å².